The van der Waals surface area contributed by atoms with E-state index in [1.54, 1.807) is 7.11 Å². The summed E-state index contributed by atoms with van der Waals surface area (Å²) in [5.41, 5.74) is 2.02. The molecule has 0 amide bonds. The summed E-state index contributed by atoms with van der Waals surface area (Å²) >= 11 is 5.97. The molecule has 19 heavy (non-hydrogen) atoms. The van der Waals surface area contributed by atoms with Crippen molar-refractivity contribution >= 4 is 11.6 Å². The van der Waals surface area contributed by atoms with Crippen LogP contribution in [0.15, 0.2) is 48.5 Å². The molecule has 3 heteroatoms. The van der Waals surface area contributed by atoms with Gasteiger partial charge >= 0.3 is 0 Å². The maximum atomic E-state index is 9.33. The van der Waals surface area contributed by atoms with Gasteiger partial charge in [-0.05, 0) is 41.8 Å². The second-order valence-corrected chi connectivity index (χ2v) is 4.73. The minimum absolute atomic E-state index is 0.203. The summed E-state index contributed by atoms with van der Waals surface area (Å²) in [6, 6.07) is 17.6. The van der Waals surface area contributed by atoms with Gasteiger partial charge in [-0.15, -0.1) is 0 Å². The van der Waals surface area contributed by atoms with E-state index in [1.807, 2.05) is 48.5 Å². The summed E-state index contributed by atoms with van der Waals surface area (Å²) in [6.45, 7) is 0. The van der Waals surface area contributed by atoms with E-state index in [0.717, 1.165) is 16.9 Å². The first kappa shape index (κ1) is 13.5. The molecule has 0 aromatic heterocycles. The Morgan fingerprint density at radius 3 is 2.68 bits per heavy atom. The highest BCUT2D eigenvalue weighted by Gasteiger charge is 2.12. The number of nitrogens with zero attached hydrogens (tertiary/aromatic N) is 1. The molecule has 0 saturated carbocycles. The standard InChI is InChI=1S/C16H14ClNO/c1-19-16-7-2-4-12(9-16)8-14(11-18)13-5-3-6-15(17)10-13/h2-7,9-10,14H,8H2,1H3. The van der Waals surface area contributed by atoms with Crippen LogP contribution in [0.1, 0.15) is 17.0 Å². The Kier molecular flexibility index (Phi) is 4.43. The second-order valence-electron chi connectivity index (χ2n) is 4.29. The number of hydrogen-bond donors (Lipinski definition) is 0. The Balaban J connectivity index is 2.22. The number of nitriles is 1. The van der Waals surface area contributed by atoms with Crippen LogP contribution in [0, 0.1) is 11.3 Å². The Hall–Kier alpha value is -1.98. The van der Waals surface area contributed by atoms with E-state index >= 15 is 0 Å². The highest BCUT2D eigenvalue weighted by molar-refractivity contribution is 6.30. The van der Waals surface area contributed by atoms with Gasteiger partial charge in [-0.25, -0.2) is 0 Å². The van der Waals surface area contributed by atoms with E-state index in [2.05, 4.69) is 6.07 Å². The number of rotatable bonds is 4. The zero-order valence-corrected chi connectivity index (χ0v) is 11.4. The highest BCUT2D eigenvalue weighted by Crippen LogP contribution is 2.24. The monoisotopic (exact) mass is 271 g/mol. The Bertz CT molecular complexity index is 604. The third-order valence-corrected chi connectivity index (χ3v) is 3.22. The molecular weight excluding hydrogens is 258 g/mol. The molecule has 0 bridgehead atoms. The first-order chi connectivity index (χ1) is 9.22. The van der Waals surface area contributed by atoms with Crippen molar-refractivity contribution in [1.29, 1.82) is 5.26 Å². The van der Waals surface area contributed by atoms with Gasteiger partial charge < -0.3 is 4.74 Å². The Labute approximate surface area is 118 Å². The van der Waals surface area contributed by atoms with Gasteiger partial charge in [0, 0.05) is 5.02 Å². The summed E-state index contributed by atoms with van der Waals surface area (Å²) in [6.07, 6.45) is 0.647. The van der Waals surface area contributed by atoms with Gasteiger partial charge in [-0.2, -0.15) is 5.26 Å². The van der Waals surface area contributed by atoms with Gasteiger partial charge in [-0.1, -0.05) is 35.9 Å². The van der Waals surface area contributed by atoms with Crippen molar-refractivity contribution in [3.05, 3.63) is 64.7 Å². The lowest BCUT2D eigenvalue weighted by atomic mass is 9.93. The maximum Gasteiger partial charge on any atom is 0.119 e. The van der Waals surface area contributed by atoms with Crippen LogP contribution in [0.4, 0.5) is 0 Å². The molecule has 0 spiro atoms. The lowest BCUT2D eigenvalue weighted by Crippen LogP contribution is -2.00. The van der Waals surface area contributed by atoms with Gasteiger partial charge in [0.2, 0.25) is 0 Å². The smallest absolute Gasteiger partial charge is 0.119 e. The van der Waals surface area contributed by atoms with Gasteiger partial charge in [-0.3, -0.25) is 0 Å². The number of hydrogen-bond acceptors (Lipinski definition) is 2. The van der Waals surface area contributed by atoms with Crippen LogP contribution < -0.4 is 4.74 Å². The zero-order valence-electron chi connectivity index (χ0n) is 10.6. The van der Waals surface area contributed by atoms with E-state index in [1.165, 1.54) is 0 Å². The first-order valence-corrected chi connectivity index (χ1v) is 6.38. The Morgan fingerprint density at radius 1 is 1.21 bits per heavy atom. The maximum absolute atomic E-state index is 9.33. The van der Waals surface area contributed by atoms with Crippen LogP contribution in [0.5, 0.6) is 5.75 Å². The lowest BCUT2D eigenvalue weighted by Gasteiger charge is -2.11. The Morgan fingerprint density at radius 2 is 2.00 bits per heavy atom. The molecular formula is C16H14ClNO. The average molecular weight is 272 g/mol. The van der Waals surface area contributed by atoms with E-state index in [0.29, 0.717) is 11.4 Å². The lowest BCUT2D eigenvalue weighted by molar-refractivity contribution is 0.414. The van der Waals surface area contributed by atoms with E-state index in [9.17, 15) is 5.26 Å². The topological polar surface area (TPSA) is 33.0 Å². The van der Waals surface area contributed by atoms with Crippen molar-refractivity contribution < 1.29 is 4.74 Å². The minimum Gasteiger partial charge on any atom is -0.497 e. The van der Waals surface area contributed by atoms with Crippen molar-refractivity contribution in [3.63, 3.8) is 0 Å². The van der Waals surface area contributed by atoms with Crippen LogP contribution in [0.25, 0.3) is 0 Å². The van der Waals surface area contributed by atoms with Crippen molar-refractivity contribution in [2.24, 2.45) is 0 Å². The minimum atomic E-state index is -0.203. The normalized spacial score (nSPS) is 11.6. The molecule has 2 nitrogen and oxygen atoms in total. The summed E-state index contributed by atoms with van der Waals surface area (Å²) in [4.78, 5) is 0. The number of ether oxygens (including phenoxy) is 1. The van der Waals surface area contributed by atoms with Crippen molar-refractivity contribution in [3.8, 4) is 11.8 Å². The SMILES string of the molecule is COc1cccc(CC(C#N)c2cccc(Cl)c2)c1. The summed E-state index contributed by atoms with van der Waals surface area (Å²) < 4.78 is 5.19. The fraction of sp³-hybridized carbons (Fsp3) is 0.188. The highest BCUT2D eigenvalue weighted by atomic mass is 35.5. The molecule has 2 aromatic carbocycles. The third-order valence-electron chi connectivity index (χ3n) is 2.98. The van der Waals surface area contributed by atoms with Crippen LogP contribution >= 0.6 is 11.6 Å². The van der Waals surface area contributed by atoms with Crippen LogP contribution in [0.2, 0.25) is 5.02 Å². The van der Waals surface area contributed by atoms with Gasteiger partial charge in [0.25, 0.3) is 0 Å². The van der Waals surface area contributed by atoms with Crippen molar-refractivity contribution in [2.45, 2.75) is 12.3 Å². The van der Waals surface area contributed by atoms with E-state index < -0.39 is 0 Å². The fourth-order valence-corrected chi connectivity index (χ4v) is 2.20. The zero-order chi connectivity index (χ0) is 13.7. The molecule has 0 aliphatic heterocycles. The summed E-state index contributed by atoms with van der Waals surface area (Å²) in [5, 5.41) is 9.99. The molecule has 2 aromatic rings. The number of methoxy groups -OCH3 is 1. The predicted molar refractivity (Wildman–Crippen MR) is 76.5 cm³/mol. The number of benzene rings is 2. The molecule has 96 valence electrons. The molecule has 0 aliphatic carbocycles. The molecule has 0 fully saturated rings. The molecule has 1 atom stereocenters. The fourth-order valence-electron chi connectivity index (χ4n) is 2.00. The predicted octanol–water partition coefficient (Wildman–Crippen LogP) is 4.20. The van der Waals surface area contributed by atoms with E-state index in [-0.39, 0.29) is 5.92 Å². The van der Waals surface area contributed by atoms with Crippen molar-refractivity contribution in [2.75, 3.05) is 7.11 Å². The first-order valence-electron chi connectivity index (χ1n) is 6.01. The molecule has 0 saturated heterocycles. The number of halogens is 1. The quantitative estimate of drug-likeness (QED) is 0.835. The molecule has 2 rings (SSSR count). The van der Waals surface area contributed by atoms with Gasteiger partial charge in [0.1, 0.15) is 5.75 Å². The largest absolute Gasteiger partial charge is 0.497 e. The van der Waals surface area contributed by atoms with Crippen LogP contribution in [0.3, 0.4) is 0 Å². The van der Waals surface area contributed by atoms with Crippen LogP contribution in [-0.2, 0) is 6.42 Å². The molecule has 0 aliphatic rings. The van der Waals surface area contributed by atoms with Crippen LogP contribution in [-0.4, -0.2) is 7.11 Å². The van der Waals surface area contributed by atoms with Gasteiger partial charge in [0.05, 0.1) is 19.1 Å². The molecule has 0 heterocycles. The molecule has 1 unspecified atom stereocenters. The van der Waals surface area contributed by atoms with Crippen molar-refractivity contribution in [1.82, 2.24) is 0 Å². The summed E-state index contributed by atoms with van der Waals surface area (Å²) in [7, 11) is 1.64. The molecule has 0 radical (unpaired) electrons. The summed E-state index contributed by atoms with van der Waals surface area (Å²) in [5.74, 6) is 0.603. The molecule has 0 N–H and O–H groups in total. The third kappa shape index (κ3) is 3.49. The average Bonchev–Trinajstić information content (AvgIpc) is 2.45. The van der Waals surface area contributed by atoms with Gasteiger partial charge in [0.15, 0.2) is 0 Å². The second kappa shape index (κ2) is 6.26. The van der Waals surface area contributed by atoms with E-state index in [4.69, 9.17) is 16.3 Å².